The van der Waals surface area contributed by atoms with E-state index >= 15 is 0 Å². The molecule has 0 radical (unpaired) electrons. The Bertz CT molecular complexity index is 927. The summed E-state index contributed by atoms with van der Waals surface area (Å²) < 4.78 is 71.5. The molecule has 2 rings (SSSR count). The van der Waals surface area contributed by atoms with Crippen molar-refractivity contribution in [1.82, 2.24) is 0 Å². The maximum absolute atomic E-state index is 13.9. The molecule has 2 aromatic rings. The number of benzene rings is 2. The first-order valence-corrected chi connectivity index (χ1v) is 7.53. The average molecular weight is 385 g/mol. The van der Waals surface area contributed by atoms with Crippen LogP contribution in [0.15, 0.2) is 42.1 Å². The third kappa shape index (κ3) is 4.49. The van der Waals surface area contributed by atoms with Crippen LogP contribution in [0.1, 0.15) is 17.3 Å². The molecule has 0 saturated heterocycles. The zero-order valence-electron chi connectivity index (χ0n) is 13.8. The number of anilines is 1. The van der Waals surface area contributed by atoms with E-state index in [-0.39, 0.29) is 12.3 Å². The number of Topliss-reactive ketones (excluding diaryl/α,β-unsaturated/α-hetero) is 1. The molecule has 2 aromatic carbocycles. The Morgan fingerprint density at radius 1 is 1.00 bits per heavy atom. The Hall–Kier alpha value is -3.23. The van der Waals surface area contributed by atoms with Crippen LogP contribution in [0, 0.1) is 29.1 Å². The first-order chi connectivity index (χ1) is 12.8. The van der Waals surface area contributed by atoms with Crippen LogP contribution in [0.5, 0.6) is 0 Å². The second-order valence-electron chi connectivity index (χ2n) is 5.10. The molecule has 0 unspecified atom stereocenters. The Kier molecular flexibility index (Phi) is 6.27. The topological polar surface area (TPSA) is 55.4 Å². The van der Waals surface area contributed by atoms with Gasteiger partial charge in [-0.25, -0.2) is 26.7 Å². The van der Waals surface area contributed by atoms with Crippen molar-refractivity contribution >= 4 is 17.4 Å². The van der Waals surface area contributed by atoms with Gasteiger partial charge in [0.25, 0.3) is 0 Å². The molecular weight excluding hydrogens is 373 g/mol. The van der Waals surface area contributed by atoms with Crippen molar-refractivity contribution < 1.29 is 36.3 Å². The Morgan fingerprint density at radius 2 is 1.70 bits per heavy atom. The van der Waals surface area contributed by atoms with E-state index in [0.717, 1.165) is 12.1 Å². The van der Waals surface area contributed by atoms with Crippen molar-refractivity contribution in [3.05, 3.63) is 76.8 Å². The van der Waals surface area contributed by atoms with Crippen LogP contribution < -0.4 is 5.32 Å². The smallest absolute Gasteiger partial charge is 0.343 e. The number of esters is 1. The molecule has 27 heavy (non-hydrogen) atoms. The summed E-state index contributed by atoms with van der Waals surface area (Å²) in [7, 11) is 0. The fraction of sp³-hybridized carbons (Fsp3) is 0.111. The minimum Gasteiger partial charge on any atom is -0.462 e. The van der Waals surface area contributed by atoms with Crippen LogP contribution >= 0.6 is 0 Å². The molecule has 142 valence electrons. The van der Waals surface area contributed by atoms with Gasteiger partial charge >= 0.3 is 5.97 Å². The van der Waals surface area contributed by atoms with Gasteiger partial charge in [0, 0.05) is 12.3 Å². The predicted molar refractivity (Wildman–Crippen MR) is 85.3 cm³/mol. The van der Waals surface area contributed by atoms with E-state index in [1.807, 2.05) is 0 Å². The highest BCUT2D eigenvalue weighted by molar-refractivity contribution is 6.24. The van der Waals surface area contributed by atoms with Gasteiger partial charge in [-0.3, -0.25) is 4.79 Å². The van der Waals surface area contributed by atoms with Gasteiger partial charge in [0.1, 0.15) is 17.2 Å². The van der Waals surface area contributed by atoms with E-state index in [1.54, 1.807) is 0 Å². The molecule has 0 atom stereocenters. The van der Waals surface area contributed by atoms with Gasteiger partial charge in [0.2, 0.25) is 5.78 Å². The molecule has 1 N–H and O–H groups in total. The minimum absolute atomic E-state index is 0.144. The fourth-order valence-corrected chi connectivity index (χ4v) is 2.03. The van der Waals surface area contributed by atoms with Crippen LogP contribution in [0.3, 0.4) is 0 Å². The number of hydrogen-bond acceptors (Lipinski definition) is 4. The van der Waals surface area contributed by atoms with Crippen molar-refractivity contribution in [2.75, 3.05) is 11.9 Å². The molecule has 0 aromatic heterocycles. The average Bonchev–Trinajstić information content (AvgIpc) is 2.61. The molecule has 0 aliphatic heterocycles. The Balaban J connectivity index is 2.43. The zero-order valence-corrected chi connectivity index (χ0v) is 13.8. The van der Waals surface area contributed by atoms with Gasteiger partial charge in [-0.05, 0) is 31.2 Å². The summed E-state index contributed by atoms with van der Waals surface area (Å²) in [4.78, 5) is 24.4. The van der Waals surface area contributed by atoms with Crippen molar-refractivity contribution in [3.63, 3.8) is 0 Å². The summed E-state index contributed by atoms with van der Waals surface area (Å²) in [6.45, 7) is 1.29. The summed E-state index contributed by atoms with van der Waals surface area (Å²) in [5.41, 5.74) is -2.02. The summed E-state index contributed by atoms with van der Waals surface area (Å²) in [5.74, 6) is -9.60. The zero-order chi connectivity index (χ0) is 20.1. The number of nitrogens with one attached hydrogen (secondary N) is 1. The number of carbonyl (C=O) groups is 2. The van der Waals surface area contributed by atoms with Crippen LogP contribution in [0.4, 0.5) is 27.6 Å². The van der Waals surface area contributed by atoms with Gasteiger partial charge in [-0.1, -0.05) is 0 Å². The first kappa shape index (κ1) is 20.1. The fourth-order valence-electron chi connectivity index (χ4n) is 2.03. The third-order valence-electron chi connectivity index (χ3n) is 3.32. The van der Waals surface area contributed by atoms with E-state index in [4.69, 9.17) is 0 Å². The van der Waals surface area contributed by atoms with Crippen LogP contribution in [0.25, 0.3) is 0 Å². The normalized spacial score (nSPS) is 11.3. The lowest BCUT2D eigenvalue weighted by molar-refractivity contribution is -0.138. The largest absolute Gasteiger partial charge is 0.462 e. The molecule has 0 saturated carbocycles. The second kappa shape index (κ2) is 8.43. The molecular formula is C18H12F5NO3. The minimum atomic E-state index is -1.89. The summed E-state index contributed by atoms with van der Waals surface area (Å²) in [6, 6.07) is 3.63. The van der Waals surface area contributed by atoms with Gasteiger partial charge in [-0.15, -0.1) is 0 Å². The van der Waals surface area contributed by atoms with Gasteiger partial charge in [0.15, 0.2) is 17.5 Å². The number of halogens is 5. The van der Waals surface area contributed by atoms with Crippen molar-refractivity contribution in [3.8, 4) is 0 Å². The number of carbonyl (C=O) groups excluding carboxylic acids is 2. The molecule has 0 spiro atoms. The molecule has 0 heterocycles. The lowest BCUT2D eigenvalue weighted by Gasteiger charge is -2.09. The maximum Gasteiger partial charge on any atom is 0.343 e. The lowest BCUT2D eigenvalue weighted by atomic mass is 10.0. The summed E-state index contributed by atoms with van der Waals surface area (Å²) in [6.07, 6.45) is 0.706. The lowest BCUT2D eigenvalue weighted by Crippen LogP contribution is -2.19. The standard InChI is InChI=1S/C18H12F5NO3/c1-2-27-18(26)11(8-24-14-6-3-9(19)7-13(14)21)17(25)10-4-5-12(20)16(23)15(10)22/h3-8,24H,2H2,1H3/b11-8-. The predicted octanol–water partition coefficient (Wildman–Crippen LogP) is 4.12. The highest BCUT2D eigenvalue weighted by Gasteiger charge is 2.26. The Labute approximate surface area is 150 Å². The highest BCUT2D eigenvalue weighted by atomic mass is 19.2. The third-order valence-corrected chi connectivity index (χ3v) is 3.32. The van der Waals surface area contributed by atoms with E-state index in [1.165, 1.54) is 6.92 Å². The van der Waals surface area contributed by atoms with E-state index in [0.29, 0.717) is 24.4 Å². The Morgan fingerprint density at radius 3 is 2.33 bits per heavy atom. The van der Waals surface area contributed by atoms with Crippen molar-refractivity contribution in [1.29, 1.82) is 0 Å². The first-order valence-electron chi connectivity index (χ1n) is 7.53. The molecule has 0 bridgehead atoms. The van der Waals surface area contributed by atoms with Crippen molar-refractivity contribution in [2.45, 2.75) is 6.92 Å². The SMILES string of the molecule is CCOC(=O)/C(=C\Nc1ccc(F)cc1F)C(=O)c1ccc(F)c(F)c1F. The van der Waals surface area contributed by atoms with Gasteiger partial charge < -0.3 is 10.1 Å². The second-order valence-corrected chi connectivity index (χ2v) is 5.10. The number of hydrogen-bond donors (Lipinski definition) is 1. The molecule has 0 amide bonds. The highest BCUT2D eigenvalue weighted by Crippen LogP contribution is 2.20. The van der Waals surface area contributed by atoms with E-state index < -0.39 is 52.0 Å². The molecule has 0 fully saturated rings. The number of ether oxygens (including phenoxy) is 1. The molecule has 0 aliphatic carbocycles. The quantitative estimate of drug-likeness (QED) is 0.155. The number of ketones is 1. The molecule has 0 aliphatic rings. The molecule has 4 nitrogen and oxygen atoms in total. The van der Waals surface area contributed by atoms with Crippen LogP contribution in [0.2, 0.25) is 0 Å². The monoisotopic (exact) mass is 385 g/mol. The van der Waals surface area contributed by atoms with E-state index in [2.05, 4.69) is 10.1 Å². The van der Waals surface area contributed by atoms with Gasteiger partial charge in [-0.2, -0.15) is 0 Å². The van der Waals surface area contributed by atoms with E-state index in [9.17, 15) is 31.5 Å². The van der Waals surface area contributed by atoms with Gasteiger partial charge in [0.05, 0.1) is 17.9 Å². The molecule has 9 heteroatoms. The van der Waals surface area contributed by atoms with Crippen molar-refractivity contribution in [2.24, 2.45) is 0 Å². The maximum atomic E-state index is 13.9. The summed E-state index contributed by atoms with van der Waals surface area (Å²) in [5, 5.41) is 2.26. The van der Waals surface area contributed by atoms with Crippen LogP contribution in [-0.2, 0) is 9.53 Å². The summed E-state index contributed by atoms with van der Waals surface area (Å²) >= 11 is 0. The van der Waals surface area contributed by atoms with Crippen LogP contribution in [-0.4, -0.2) is 18.4 Å². The number of rotatable bonds is 6.